The summed E-state index contributed by atoms with van der Waals surface area (Å²) >= 11 is 0. The second-order valence-corrected chi connectivity index (χ2v) is 6.27. The van der Waals surface area contributed by atoms with Crippen molar-refractivity contribution in [2.75, 3.05) is 6.61 Å². The molecule has 0 aliphatic heterocycles. The summed E-state index contributed by atoms with van der Waals surface area (Å²) in [6.45, 7) is 2.95. The lowest BCUT2D eigenvalue weighted by atomic mass is 10.1. The first-order valence-electron chi connectivity index (χ1n) is 9.34. The van der Waals surface area contributed by atoms with Crippen LogP contribution < -0.4 is 4.74 Å². The lowest BCUT2D eigenvalue weighted by Crippen LogP contribution is -2.00. The summed E-state index contributed by atoms with van der Waals surface area (Å²) in [6, 6.07) is 15.6. The van der Waals surface area contributed by atoms with E-state index in [4.69, 9.17) is 9.72 Å². The Morgan fingerprint density at radius 2 is 1.35 bits per heavy atom. The van der Waals surface area contributed by atoms with Crippen LogP contribution in [0.4, 0.5) is 0 Å². The summed E-state index contributed by atoms with van der Waals surface area (Å²) in [6.07, 6.45) is 9.65. The minimum Gasteiger partial charge on any atom is -0.493 e. The first kappa shape index (κ1) is 18.1. The highest BCUT2D eigenvalue weighted by atomic mass is 16.5. The Labute approximate surface area is 155 Å². The van der Waals surface area contributed by atoms with Gasteiger partial charge in [-0.3, -0.25) is 9.97 Å². The largest absolute Gasteiger partial charge is 0.493 e. The standard InChI is InChI=1S/C22H25N3O/c1-2-3-4-5-10-15-26-18-16-21(19-11-6-8-13-23-19)25-22(17-18)20-12-7-9-14-24-20/h6-9,11-14,16-17H,2-5,10,15H2,1H3. The molecule has 0 radical (unpaired) electrons. The highest BCUT2D eigenvalue weighted by molar-refractivity contribution is 5.64. The van der Waals surface area contributed by atoms with Crippen molar-refractivity contribution in [3.8, 4) is 28.5 Å². The summed E-state index contributed by atoms with van der Waals surface area (Å²) in [5.41, 5.74) is 3.26. The van der Waals surface area contributed by atoms with Crippen molar-refractivity contribution in [3.05, 3.63) is 60.9 Å². The van der Waals surface area contributed by atoms with Gasteiger partial charge >= 0.3 is 0 Å². The molecule has 0 N–H and O–H groups in total. The van der Waals surface area contributed by atoms with E-state index in [1.807, 2.05) is 48.5 Å². The Morgan fingerprint density at radius 1 is 0.731 bits per heavy atom. The van der Waals surface area contributed by atoms with Crippen molar-refractivity contribution >= 4 is 0 Å². The quantitative estimate of drug-likeness (QED) is 0.476. The van der Waals surface area contributed by atoms with Gasteiger partial charge in [-0.25, -0.2) is 4.98 Å². The van der Waals surface area contributed by atoms with Crippen molar-refractivity contribution in [2.45, 2.75) is 39.0 Å². The summed E-state index contributed by atoms with van der Waals surface area (Å²) in [5.74, 6) is 0.816. The maximum absolute atomic E-state index is 6.01. The summed E-state index contributed by atoms with van der Waals surface area (Å²) < 4.78 is 6.01. The summed E-state index contributed by atoms with van der Waals surface area (Å²) in [4.78, 5) is 13.6. The predicted molar refractivity (Wildman–Crippen MR) is 105 cm³/mol. The zero-order chi connectivity index (χ0) is 18.0. The molecular weight excluding hydrogens is 322 g/mol. The van der Waals surface area contributed by atoms with Crippen LogP contribution in [0.2, 0.25) is 0 Å². The van der Waals surface area contributed by atoms with Crippen LogP contribution in [0.1, 0.15) is 39.0 Å². The molecule has 3 rings (SSSR count). The number of pyridine rings is 3. The fourth-order valence-corrected chi connectivity index (χ4v) is 2.78. The van der Waals surface area contributed by atoms with Crippen molar-refractivity contribution in [2.24, 2.45) is 0 Å². The number of hydrogen-bond acceptors (Lipinski definition) is 4. The molecule has 0 aromatic carbocycles. The third kappa shape index (κ3) is 5.12. The lowest BCUT2D eigenvalue weighted by Gasteiger charge is -2.10. The molecule has 0 bridgehead atoms. The van der Waals surface area contributed by atoms with Gasteiger partial charge in [-0.2, -0.15) is 0 Å². The predicted octanol–water partition coefficient (Wildman–Crippen LogP) is 5.55. The van der Waals surface area contributed by atoms with Gasteiger partial charge in [-0.05, 0) is 30.7 Å². The van der Waals surface area contributed by atoms with Crippen LogP contribution in [0.15, 0.2) is 60.9 Å². The Kier molecular flexibility index (Phi) is 6.71. The smallest absolute Gasteiger partial charge is 0.123 e. The molecule has 0 aliphatic carbocycles. The van der Waals surface area contributed by atoms with E-state index >= 15 is 0 Å². The molecule has 26 heavy (non-hydrogen) atoms. The van der Waals surface area contributed by atoms with Crippen molar-refractivity contribution in [1.29, 1.82) is 0 Å². The van der Waals surface area contributed by atoms with Crippen LogP contribution in [0, 0.1) is 0 Å². The van der Waals surface area contributed by atoms with E-state index in [1.165, 1.54) is 25.7 Å². The SMILES string of the molecule is CCCCCCCOc1cc(-c2ccccn2)nc(-c2ccccn2)c1. The molecule has 134 valence electrons. The summed E-state index contributed by atoms with van der Waals surface area (Å²) in [5, 5.41) is 0. The van der Waals surface area contributed by atoms with Crippen molar-refractivity contribution in [3.63, 3.8) is 0 Å². The average molecular weight is 347 g/mol. The molecule has 0 atom stereocenters. The van der Waals surface area contributed by atoms with Crippen LogP contribution in [-0.2, 0) is 0 Å². The maximum Gasteiger partial charge on any atom is 0.123 e. The second-order valence-electron chi connectivity index (χ2n) is 6.27. The second kappa shape index (κ2) is 9.66. The Bertz CT molecular complexity index is 733. The zero-order valence-electron chi connectivity index (χ0n) is 15.3. The molecule has 0 amide bonds. The Balaban J connectivity index is 1.79. The number of rotatable bonds is 9. The molecular formula is C22H25N3O. The van der Waals surface area contributed by atoms with Crippen LogP contribution >= 0.6 is 0 Å². The Hall–Kier alpha value is -2.75. The van der Waals surface area contributed by atoms with E-state index in [0.717, 1.165) is 41.6 Å². The number of unbranched alkanes of at least 4 members (excludes halogenated alkanes) is 4. The highest BCUT2D eigenvalue weighted by Gasteiger charge is 2.09. The third-order valence-electron chi connectivity index (χ3n) is 4.17. The molecule has 0 spiro atoms. The number of ether oxygens (including phenoxy) is 1. The zero-order valence-corrected chi connectivity index (χ0v) is 15.3. The number of aromatic nitrogens is 3. The molecule has 0 unspecified atom stereocenters. The van der Waals surface area contributed by atoms with E-state index in [9.17, 15) is 0 Å². The van der Waals surface area contributed by atoms with Gasteiger partial charge in [0.25, 0.3) is 0 Å². The highest BCUT2D eigenvalue weighted by Crippen LogP contribution is 2.26. The molecule has 3 aromatic rings. The van der Waals surface area contributed by atoms with Crippen molar-refractivity contribution < 1.29 is 4.74 Å². The van der Waals surface area contributed by atoms with Crippen LogP contribution in [-0.4, -0.2) is 21.6 Å². The average Bonchev–Trinajstić information content (AvgIpc) is 2.72. The lowest BCUT2D eigenvalue weighted by molar-refractivity contribution is 0.304. The van der Waals surface area contributed by atoms with Gasteiger partial charge in [-0.15, -0.1) is 0 Å². The van der Waals surface area contributed by atoms with E-state index in [1.54, 1.807) is 12.4 Å². The Morgan fingerprint density at radius 3 is 1.88 bits per heavy atom. The van der Waals surface area contributed by atoms with Gasteiger partial charge in [0.2, 0.25) is 0 Å². The third-order valence-corrected chi connectivity index (χ3v) is 4.17. The van der Waals surface area contributed by atoms with Crippen molar-refractivity contribution in [1.82, 2.24) is 15.0 Å². The van der Waals surface area contributed by atoms with Gasteiger partial charge in [0.15, 0.2) is 0 Å². The fourth-order valence-electron chi connectivity index (χ4n) is 2.78. The van der Waals surface area contributed by atoms with Gasteiger partial charge in [0, 0.05) is 24.5 Å². The molecule has 3 heterocycles. The number of nitrogens with zero attached hydrogens (tertiary/aromatic N) is 3. The van der Waals surface area contributed by atoms with Crippen LogP contribution in [0.3, 0.4) is 0 Å². The number of hydrogen-bond donors (Lipinski definition) is 0. The molecule has 0 saturated heterocycles. The monoisotopic (exact) mass is 347 g/mol. The summed E-state index contributed by atoms with van der Waals surface area (Å²) in [7, 11) is 0. The van der Waals surface area contributed by atoms with Gasteiger partial charge in [0.05, 0.1) is 29.4 Å². The van der Waals surface area contributed by atoms with E-state index < -0.39 is 0 Å². The molecule has 0 aliphatic rings. The van der Waals surface area contributed by atoms with E-state index in [-0.39, 0.29) is 0 Å². The fraction of sp³-hybridized carbons (Fsp3) is 0.318. The molecule has 4 heteroatoms. The minimum absolute atomic E-state index is 0.719. The topological polar surface area (TPSA) is 47.9 Å². The molecule has 4 nitrogen and oxygen atoms in total. The van der Waals surface area contributed by atoms with Gasteiger partial charge in [0.1, 0.15) is 5.75 Å². The van der Waals surface area contributed by atoms with E-state index in [0.29, 0.717) is 0 Å². The van der Waals surface area contributed by atoms with Gasteiger partial charge in [-0.1, -0.05) is 44.7 Å². The molecule has 3 aromatic heterocycles. The molecule has 0 fully saturated rings. The van der Waals surface area contributed by atoms with Gasteiger partial charge < -0.3 is 4.74 Å². The maximum atomic E-state index is 6.01. The minimum atomic E-state index is 0.719. The first-order chi connectivity index (χ1) is 12.9. The van der Waals surface area contributed by atoms with Crippen LogP contribution in [0.5, 0.6) is 5.75 Å². The normalized spacial score (nSPS) is 10.7. The first-order valence-corrected chi connectivity index (χ1v) is 9.34. The molecule has 0 saturated carbocycles. The van der Waals surface area contributed by atoms with E-state index in [2.05, 4.69) is 16.9 Å². The van der Waals surface area contributed by atoms with Crippen LogP contribution in [0.25, 0.3) is 22.8 Å².